The van der Waals surface area contributed by atoms with Crippen molar-refractivity contribution in [3.63, 3.8) is 0 Å². The highest BCUT2D eigenvalue weighted by Gasteiger charge is 2.43. The number of aromatic nitrogens is 3. The minimum Gasteiger partial charge on any atom is -0.481 e. The average molecular weight is 313 g/mol. The molecular weight excluding hydrogens is 290 g/mol. The first-order chi connectivity index (χ1) is 9.97. The van der Waals surface area contributed by atoms with Gasteiger partial charge < -0.3 is 14.4 Å². The van der Waals surface area contributed by atoms with Crippen LogP contribution in [-0.4, -0.2) is 45.3 Å². The molecule has 0 atom stereocenters. The molecule has 1 saturated carbocycles. The number of aliphatic carboxylic acids is 1. The summed E-state index contributed by atoms with van der Waals surface area (Å²) < 4.78 is 7.31. The number of hydrogen-bond donors (Lipinski definition) is 1. The van der Waals surface area contributed by atoms with Crippen LogP contribution >= 0.6 is 11.8 Å². The van der Waals surface area contributed by atoms with Crippen LogP contribution in [0.1, 0.15) is 44.9 Å². The molecule has 1 aliphatic carbocycles. The van der Waals surface area contributed by atoms with Gasteiger partial charge in [0.25, 0.3) is 0 Å². The number of hydrogen-bond acceptors (Lipinski definition) is 5. The van der Waals surface area contributed by atoms with Crippen molar-refractivity contribution in [3.8, 4) is 0 Å². The van der Waals surface area contributed by atoms with Gasteiger partial charge in [0, 0.05) is 26.2 Å². The first-order valence-electron chi connectivity index (χ1n) is 7.24. The second kappa shape index (κ2) is 6.79. The Labute approximate surface area is 129 Å². The molecular formula is C14H23N3O3S. The lowest BCUT2D eigenvalue weighted by Gasteiger charge is -2.19. The maximum absolute atomic E-state index is 10.8. The Hall–Kier alpha value is -1.08. The number of ether oxygens (including phenoxy) is 1. The number of carbonyl (C=O) groups is 1. The van der Waals surface area contributed by atoms with E-state index in [0.29, 0.717) is 5.16 Å². The molecule has 118 valence electrons. The molecule has 0 bridgehead atoms. The van der Waals surface area contributed by atoms with Gasteiger partial charge in [-0.15, -0.1) is 10.2 Å². The van der Waals surface area contributed by atoms with E-state index < -0.39 is 5.97 Å². The van der Waals surface area contributed by atoms with Gasteiger partial charge in [-0.3, -0.25) is 4.79 Å². The molecule has 0 radical (unpaired) electrons. The van der Waals surface area contributed by atoms with E-state index in [2.05, 4.69) is 28.6 Å². The predicted octanol–water partition coefficient (Wildman–Crippen LogP) is 2.39. The molecule has 1 aromatic rings. The fourth-order valence-corrected chi connectivity index (χ4v) is 3.09. The van der Waals surface area contributed by atoms with Crippen LogP contribution in [0, 0.1) is 5.41 Å². The van der Waals surface area contributed by atoms with E-state index in [1.165, 1.54) is 24.6 Å². The van der Waals surface area contributed by atoms with Crippen LogP contribution in [0.2, 0.25) is 0 Å². The smallest absolute Gasteiger partial charge is 0.313 e. The van der Waals surface area contributed by atoms with Crippen molar-refractivity contribution >= 4 is 17.7 Å². The molecule has 2 rings (SSSR count). The van der Waals surface area contributed by atoms with Crippen LogP contribution in [0.25, 0.3) is 0 Å². The summed E-state index contributed by atoms with van der Waals surface area (Å²) in [4.78, 5) is 10.8. The summed E-state index contributed by atoms with van der Waals surface area (Å²) in [6, 6.07) is 0. The Morgan fingerprint density at radius 2 is 2.19 bits per heavy atom. The lowest BCUT2D eigenvalue weighted by Crippen LogP contribution is -2.17. The third-order valence-electron chi connectivity index (χ3n) is 3.87. The molecule has 0 aromatic carbocycles. The van der Waals surface area contributed by atoms with Gasteiger partial charge in [0.1, 0.15) is 5.82 Å². The highest BCUT2D eigenvalue weighted by molar-refractivity contribution is 7.99. The Bertz CT molecular complexity index is 498. The molecule has 6 nitrogen and oxygen atoms in total. The van der Waals surface area contributed by atoms with Crippen molar-refractivity contribution in [2.24, 2.45) is 5.41 Å². The topological polar surface area (TPSA) is 77.2 Å². The maximum Gasteiger partial charge on any atom is 0.313 e. The van der Waals surface area contributed by atoms with Gasteiger partial charge in [-0.1, -0.05) is 25.6 Å². The number of methoxy groups -OCH3 is 1. The van der Waals surface area contributed by atoms with Gasteiger partial charge in [0.05, 0.1) is 5.75 Å². The fraction of sp³-hybridized carbons (Fsp3) is 0.786. The maximum atomic E-state index is 10.8. The molecule has 1 aromatic heterocycles. The Morgan fingerprint density at radius 1 is 1.48 bits per heavy atom. The number of carboxylic acids is 1. The predicted molar refractivity (Wildman–Crippen MR) is 80.6 cm³/mol. The van der Waals surface area contributed by atoms with Gasteiger partial charge in [-0.2, -0.15) is 0 Å². The summed E-state index contributed by atoms with van der Waals surface area (Å²) >= 11 is 1.24. The monoisotopic (exact) mass is 313 g/mol. The number of nitrogens with zero attached hydrogens (tertiary/aromatic N) is 3. The number of thioether (sulfide) groups is 1. The van der Waals surface area contributed by atoms with Crippen LogP contribution < -0.4 is 0 Å². The Balaban J connectivity index is 2.14. The van der Waals surface area contributed by atoms with Crippen LogP contribution in [-0.2, 0) is 16.1 Å². The van der Waals surface area contributed by atoms with Crippen molar-refractivity contribution in [3.05, 3.63) is 5.82 Å². The minimum absolute atomic E-state index is 0.0152. The highest BCUT2D eigenvalue weighted by Crippen LogP contribution is 2.51. The van der Waals surface area contributed by atoms with E-state index in [1.54, 1.807) is 7.11 Å². The second-order valence-electron chi connectivity index (χ2n) is 6.01. The first kappa shape index (κ1) is 16.3. The summed E-state index contributed by atoms with van der Waals surface area (Å²) in [6.07, 6.45) is 3.41. The fourth-order valence-electron chi connectivity index (χ4n) is 2.43. The molecule has 1 N–H and O–H groups in total. The molecule has 21 heavy (non-hydrogen) atoms. The Morgan fingerprint density at radius 3 is 2.71 bits per heavy atom. The van der Waals surface area contributed by atoms with Gasteiger partial charge in [0.15, 0.2) is 5.16 Å². The van der Waals surface area contributed by atoms with Gasteiger partial charge in [-0.05, 0) is 24.7 Å². The van der Waals surface area contributed by atoms with Crippen molar-refractivity contribution < 1.29 is 14.6 Å². The molecule has 0 amide bonds. The minimum atomic E-state index is -0.832. The van der Waals surface area contributed by atoms with Crippen LogP contribution in [0.3, 0.4) is 0 Å². The van der Waals surface area contributed by atoms with Gasteiger partial charge >= 0.3 is 5.97 Å². The lowest BCUT2D eigenvalue weighted by atomic mass is 10.0. The summed E-state index contributed by atoms with van der Waals surface area (Å²) in [5.74, 6) is 0.393. The van der Waals surface area contributed by atoms with Crippen molar-refractivity contribution in [1.82, 2.24) is 14.8 Å². The van der Waals surface area contributed by atoms with Gasteiger partial charge in [0.2, 0.25) is 0 Å². The molecule has 1 heterocycles. The molecule has 0 spiro atoms. The number of carboxylic acid groups (broad SMARTS) is 1. The van der Waals surface area contributed by atoms with E-state index in [-0.39, 0.29) is 17.1 Å². The summed E-state index contributed by atoms with van der Waals surface area (Å²) in [5, 5.41) is 18.0. The second-order valence-corrected chi connectivity index (χ2v) is 6.95. The molecule has 1 aliphatic rings. The third-order valence-corrected chi connectivity index (χ3v) is 4.83. The molecule has 1 fully saturated rings. The van der Waals surface area contributed by atoms with Crippen molar-refractivity contribution in [2.75, 3.05) is 19.5 Å². The first-order valence-corrected chi connectivity index (χ1v) is 8.22. The SMILES string of the molecule is COCCC1(Cn2c(SCC(=O)O)nnc2C(C)C)CC1. The number of rotatable bonds is 9. The Kier molecular flexibility index (Phi) is 5.27. The van der Waals surface area contributed by atoms with E-state index >= 15 is 0 Å². The quantitative estimate of drug-likeness (QED) is 0.705. The molecule has 0 aliphatic heterocycles. The largest absolute Gasteiger partial charge is 0.481 e. The van der Waals surface area contributed by atoms with E-state index in [0.717, 1.165) is 25.4 Å². The standard InChI is InChI=1S/C14H23N3O3S/c1-10(2)12-15-16-13(21-8-11(18)19)17(12)9-14(4-5-14)6-7-20-3/h10H,4-9H2,1-3H3,(H,18,19). The van der Waals surface area contributed by atoms with Gasteiger partial charge in [-0.25, -0.2) is 0 Å². The third kappa shape index (κ3) is 4.20. The van der Waals surface area contributed by atoms with Crippen molar-refractivity contribution in [2.45, 2.75) is 50.7 Å². The zero-order valence-corrected chi connectivity index (χ0v) is 13.7. The molecule has 7 heteroatoms. The van der Waals surface area contributed by atoms with Crippen LogP contribution in [0.5, 0.6) is 0 Å². The summed E-state index contributed by atoms with van der Waals surface area (Å²) in [6.45, 7) is 5.79. The van der Waals surface area contributed by atoms with E-state index in [9.17, 15) is 4.79 Å². The summed E-state index contributed by atoms with van der Waals surface area (Å²) in [5.41, 5.74) is 0.278. The normalized spacial score (nSPS) is 16.4. The molecule has 0 unspecified atom stereocenters. The van der Waals surface area contributed by atoms with Crippen molar-refractivity contribution in [1.29, 1.82) is 0 Å². The zero-order chi connectivity index (χ0) is 15.5. The van der Waals surface area contributed by atoms with Crippen LogP contribution in [0.4, 0.5) is 0 Å². The van der Waals surface area contributed by atoms with E-state index in [1.807, 2.05) is 0 Å². The van der Waals surface area contributed by atoms with Crippen LogP contribution in [0.15, 0.2) is 5.16 Å². The highest BCUT2D eigenvalue weighted by atomic mass is 32.2. The zero-order valence-electron chi connectivity index (χ0n) is 12.8. The molecule has 0 saturated heterocycles. The lowest BCUT2D eigenvalue weighted by molar-refractivity contribution is -0.133. The average Bonchev–Trinajstić information content (AvgIpc) is 3.07. The summed E-state index contributed by atoms with van der Waals surface area (Å²) in [7, 11) is 1.72. The van der Waals surface area contributed by atoms with E-state index in [4.69, 9.17) is 9.84 Å².